The van der Waals surface area contributed by atoms with E-state index in [4.69, 9.17) is 15.1 Å². The summed E-state index contributed by atoms with van der Waals surface area (Å²) in [5, 5.41) is 0. The van der Waals surface area contributed by atoms with Crippen LogP contribution in [0.25, 0.3) is 0 Å². The minimum absolute atomic E-state index is 0.0794. The van der Waals surface area contributed by atoms with E-state index in [-0.39, 0.29) is 4.90 Å². The van der Waals surface area contributed by atoms with Crippen LogP contribution in [-0.4, -0.2) is 13.4 Å². The minimum atomic E-state index is -3.69. The average Bonchev–Trinajstić information content (AvgIpc) is 2.76. The normalized spacial score (nSPS) is 12.6. The highest BCUT2D eigenvalue weighted by atomic mass is 127. The lowest BCUT2D eigenvalue weighted by Crippen LogP contribution is -2.19. The molecule has 0 fully saturated rings. The van der Waals surface area contributed by atoms with Crippen molar-refractivity contribution in [2.24, 2.45) is 0 Å². The van der Waals surface area contributed by atoms with Crippen molar-refractivity contribution in [3.8, 4) is 0 Å². The molecule has 7 heteroatoms. The Kier molecular flexibility index (Phi) is 3.95. The van der Waals surface area contributed by atoms with Gasteiger partial charge in [0.25, 0.3) is 9.05 Å². The summed E-state index contributed by atoms with van der Waals surface area (Å²) in [7, 11) is 1.59. The number of hydrogen-bond donors (Lipinski definition) is 0. The van der Waals surface area contributed by atoms with Gasteiger partial charge in [0, 0.05) is 10.7 Å². The Hall–Kier alpha value is -0.600. The zero-order valence-corrected chi connectivity index (χ0v) is 14.0. The van der Waals surface area contributed by atoms with E-state index in [0.29, 0.717) is 5.89 Å². The monoisotopic (exact) mass is 411 g/mol. The molecular formula is C12H11ClINO3S. The van der Waals surface area contributed by atoms with Gasteiger partial charge in [-0.3, -0.25) is 0 Å². The number of oxazole rings is 1. The molecule has 0 saturated carbocycles. The number of hydrogen-bond acceptors (Lipinski definition) is 4. The lowest BCUT2D eigenvalue weighted by atomic mass is 9.84. The predicted molar refractivity (Wildman–Crippen MR) is 80.8 cm³/mol. The van der Waals surface area contributed by atoms with Crippen molar-refractivity contribution in [3.63, 3.8) is 0 Å². The molecule has 0 amide bonds. The summed E-state index contributed by atoms with van der Waals surface area (Å²) in [6.45, 7) is 3.91. The highest BCUT2D eigenvalue weighted by Gasteiger charge is 2.28. The van der Waals surface area contributed by atoms with E-state index >= 15 is 0 Å². The number of aromatic nitrogens is 1. The fourth-order valence-corrected chi connectivity index (χ4v) is 2.81. The second-order valence-electron chi connectivity index (χ2n) is 4.56. The molecule has 2 rings (SSSR count). The zero-order chi connectivity index (χ0) is 14.3. The standard InChI is InChI=1S/C12H11ClINO3S/c1-12(2,11-15-10(14)7-18-11)8-3-5-9(6-4-8)19(13,16)17/h3-7H,1-2H3. The van der Waals surface area contributed by atoms with Crippen LogP contribution in [0.2, 0.25) is 0 Å². The quantitative estimate of drug-likeness (QED) is 0.573. The average molecular weight is 412 g/mol. The number of benzene rings is 1. The van der Waals surface area contributed by atoms with Crippen LogP contribution >= 0.6 is 33.3 Å². The SMILES string of the molecule is CC(C)(c1ccc(S(=O)(=O)Cl)cc1)c1nc(I)co1. The van der Waals surface area contributed by atoms with E-state index in [2.05, 4.69) is 27.6 Å². The first-order valence-corrected chi connectivity index (χ1v) is 8.77. The van der Waals surface area contributed by atoms with E-state index in [1.165, 1.54) is 12.1 Å². The first-order valence-electron chi connectivity index (χ1n) is 5.38. The number of nitrogens with zero attached hydrogens (tertiary/aromatic N) is 1. The first-order chi connectivity index (χ1) is 8.71. The topological polar surface area (TPSA) is 60.2 Å². The van der Waals surface area contributed by atoms with Gasteiger partial charge in [0.05, 0.1) is 10.3 Å². The van der Waals surface area contributed by atoms with Crippen LogP contribution in [0.15, 0.2) is 39.8 Å². The third-order valence-electron chi connectivity index (χ3n) is 2.87. The number of halogens is 2. The van der Waals surface area contributed by atoms with Crippen LogP contribution in [-0.2, 0) is 14.5 Å². The molecule has 0 N–H and O–H groups in total. The summed E-state index contributed by atoms with van der Waals surface area (Å²) in [6, 6.07) is 6.39. The largest absolute Gasteiger partial charge is 0.447 e. The third kappa shape index (κ3) is 3.11. The van der Waals surface area contributed by atoms with Gasteiger partial charge in [-0.2, -0.15) is 0 Å². The maximum Gasteiger partial charge on any atom is 0.261 e. The molecule has 0 aliphatic heterocycles. The summed E-state index contributed by atoms with van der Waals surface area (Å²) in [5.41, 5.74) is 0.452. The molecule has 102 valence electrons. The van der Waals surface area contributed by atoms with Crippen LogP contribution in [0.1, 0.15) is 25.3 Å². The van der Waals surface area contributed by atoms with Crippen molar-refractivity contribution in [1.29, 1.82) is 0 Å². The van der Waals surface area contributed by atoms with Gasteiger partial charge < -0.3 is 4.42 Å². The Labute approximate surface area is 129 Å². The molecule has 1 aromatic carbocycles. The molecular weight excluding hydrogens is 401 g/mol. The van der Waals surface area contributed by atoms with E-state index in [0.717, 1.165) is 9.26 Å². The van der Waals surface area contributed by atoms with Gasteiger partial charge in [-0.15, -0.1) is 0 Å². The van der Waals surface area contributed by atoms with Crippen molar-refractivity contribution in [1.82, 2.24) is 4.98 Å². The molecule has 19 heavy (non-hydrogen) atoms. The Balaban J connectivity index is 2.42. The van der Waals surface area contributed by atoms with Gasteiger partial charge in [0.15, 0.2) is 0 Å². The predicted octanol–water partition coefficient (Wildman–Crippen LogP) is 3.53. The molecule has 0 atom stereocenters. The van der Waals surface area contributed by atoms with Gasteiger partial charge in [0.2, 0.25) is 5.89 Å². The minimum Gasteiger partial charge on any atom is -0.447 e. The van der Waals surface area contributed by atoms with Gasteiger partial charge in [0.1, 0.15) is 9.96 Å². The van der Waals surface area contributed by atoms with Crippen molar-refractivity contribution in [2.75, 3.05) is 0 Å². The Morgan fingerprint density at radius 1 is 1.26 bits per heavy atom. The molecule has 0 aliphatic rings. The molecule has 0 saturated heterocycles. The maximum absolute atomic E-state index is 11.2. The van der Waals surface area contributed by atoms with E-state index < -0.39 is 14.5 Å². The van der Waals surface area contributed by atoms with Crippen LogP contribution < -0.4 is 0 Å². The molecule has 0 radical (unpaired) electrons. The molecule has 0 spiro atoms. The van der Waals surface area contributed by atoms with Crippen LogP contribution in [0.4, 0.5) is 0 Å². The van der Waals surface area contributed by atoms with Crippen molar-refractivity contribution >= 4 is 42.3 Å². The fourth-order valence-electron chi connectivity index (χ4n) is 1.70. The molecule has 0 aliphatic carbocycles. The van der Waals surface area contributed by atoms with Gasteiger partial charge in [-0.05, 0) is 54.1 Å². The molecule has 1 aromatic heterocycles. The second-order valence-corrected chi connectivity index (χ2v) is 8.23. The Bertz CT molecular complexity index is 692. The second kappa shape index (κ2) is 5.06. The third-order valence-corrected chi connectivity index (χ3v) is 4.73. The molecule has 0 bridgehead atoms. The van der Waals surface area contributed by atoms with Crippen molar-refractivity contribution < 1.29 is 12.8 Å². The van der Waals surface area contributed by atoms with Crippen LogP contribution in [0.3, 0.4) is 0 Å². The Morgan fingerprint density at radius 2 is 1.84 bits per heavy atom. The highest BCUT2D eigenvalue weighted by molar-refractivity contribution is 14.1. The van der Waals surface area contributed by atoms with E-state index in [1.807, 2.05) is 13.8 Å². The molecule has 1 heterocycles. The lowest BCUT2D eigenvalue weighted by Gasteiger charge is -2.21. The fraction of sp³-hybridized carbons (Fsp3) is 0.250. The summed E-state index contributed by atoms with van der Waals surface area (Å²) < 4.78 is 28.6. The van der Waals surface area contributed by atoms with Crippen LogP contribution in [0, 0.1) is 3.70 Å². The van der Waals surface area contributed by atoms with Gasteiger partial charge >= 0.3 is 0 Å². The first kappa shape index (κ1) is 14.8. The smallest absolute Gasteiger partial charge is 0.261 e. The van der Waals surface area contributed by atoms with E-state index in [9.17, 15) is 8.42 Å². The summed E-state index contributed by atoms with van der Waals surface area (Å²) >= 11 is 2.07. The summed E-state index contributed by atoms with van der Waals surface area (Å²) in [4.78, 5) is 4.38. The lowest BCUT2D eigenvalue weighted by molar-refractivity contribution is 0.412. The van der Waals surface area contributed by atoms with Gasteiger partial charge in [-0.1, -0.05) is 12.1 Å². The zero-order valence-electron chi connectivity index (χ0n) is 10.2. The maximum atomic E-state index is 11.2. The highest BCUT2D eigenvalue weighted by Crippen LogP contribution is 2.31. The van der Waals surface area contributed by atoms with E-state index in [1.54, 1.807) is 18.4 Å². The molecule has 2 aromatic rings. The molecule has 4 nitrogen and oxygen atoms in total. The Morgan fingerprint density at radius 3 is 2.26 bits per heavy atom. The number of rotatable bonds is 3. The van der Waals surface area contributed by atoms with Crippen molar-refractivity contribution in [3.05, 3.63) is 45.7 Å². The summed E-state index contributed by atoms with van der Waals surface area (Å²) in [6.07, 6.45) is 1.58. The van der Waals surface area contributed by atoms with Crippen LogP contribution in [0.5, 0.6) is 0 Å². The van der Waals surface area contributed by atoms with Gasteiger partial charge in [-0.25, -0.2) is 13.4 Å². The summed E-state index contributed by atoms with van der Waals surface area (Å²) in [5.74, 6) is 0.582. The molecule has 0 unspecified atom stereocenters. The van der Waals surface area contributed by atoms with Crippen molar-refractivity contribution in [2.45, 2.75) is 24.2 Å².